The summed E-state index contributed by atoms with van der Waals surface area (Å²) in [5.74, 6) is 1.81. The number of hydrogen-bond acceptors (Lipinski definition) is 4. The monoisotopic (exact) mass is 251 g/mol. The molecule has 18 heavy (non-hydrogen) atoms. The minimum Gasteiger partial charge on any atom is -0.493 e. The number of hydrogen-bond donors (Lipinski definition) is 1. The molecule has 1 aromatic rings. The molecule has 0 heterocycles. The molecule has 2 N–H and O–H groups in total. The van der Waals surface area contributed by atoms with Gasteiger partial charge >= 0.3 is 0 Å². The molecule has 0 radical (unpaired) electrons. The molecule has 1 unspecified atom stereocenters. The third kappa shape index (κ3) is 3.17. The lowest BCUT2D eigenvalue weighted by atomic mass is 10.0. The van der Waals surface area contributed by atoms with Gasteiger partial charge in [-0.3, -0.25) is 0 Å². The fourth-order valence-electron chi connectivity index (χ4n) is 1.75. The van der Waals surface area contributed by atoms with Gasteiger partial charge in [-0.2, -0.15) is 0 Å². The van der Waals surface area contributed by atoms with E-state index in [0.717, 1.165) is 11.1 Å². The molecule has 1 atom stereocenters. The van der Waals surface area contributed by atoms with Gasteiger partial charge in [0.2, 0.25) is 5.75 Å². The maximum Gasteiger partial charge on any atom is 0.203 e. The second-order valence-electron chi connectivity index (χ2n) is 4.23. The summed E-state index contributed by atoms with van der Waals surface area (Å²) in [7, 11) is 4.76. The van der Waals surface area contributed by atoms with Crippen LogP contribution in [-0.4, -0.2) is 21.3 Å². The predicted octanol–water partition coefficient (Wildman–Crippen LogP) is 2.68. The molecule has 0 aliphatic rings. The Morgan fingerprint density at radius 2 is 1.56 bits per heavy atom. The standard InChI is InChI=1S/C14H21NO3/c1-9(2)6-11(15)10-7-12(16-3)14(18-5)13(8-10)17-4/h6-8,11H,15H2,1-5H3. The summed E-state index contributed by atoms with van der Waals surface area (Å²) in [6, 6.07) is 3.54. The number of allylic oxidation sites excluding steroid dienone is 1. The van der Waals surface area contributed by atoms with Gasteiger partial charge in [0.1, 0.15) is 0 Å². The van der Waals surface area contributed by atoms with E-state index in [1.54, 1.807) is 21.3 Å². The Bertz CT molecular complexity index is 412. The third-order valence-corrected chi connectivity index (χ3v) is 2.58. The Morgan fingerprint density at radius 3 is 1.89 bits per heavy atom. The zero-order valence-corrected chi connectivity index (χ0v) is 11.6. The van der Waals surface area contributed by atoms with Crippen LogP contribution in [0.4, 0.5) is 0 Å². The molecule has 0 saturated heterocycles. The number of methoxy groups -OCH3 is 3. The van der Waals surface area contributed by atoms with Crippen molar-refractivity contribution in [3.8, 4) is 17.2 Å². The quantitative estimate of drug-likeness (QED) is 0.817. The molecule has 0 spiro atoms. The van der Waals surface area contributed by atoms with Gasteiger partial charge in [-0.25, -0.2) is 0 Å². The first-order valence-corrected chi connectivity index (χ1v) is 5.74. The minimum absolute atomic E-state index is 0.191. The van der Waals surface area contributed by atoms with Crippen LogP contribution in [0, 0.1) is 0 Å². The van der Waals surface area contributed by atoms with Crippen molar-refractivity contribution in [2.45, 2.75) is 19.9 Å². The molecule has 0 aromatic heterocycles. The van der Waals surface area contributed by atoms with Crippen LogP contribution in [-0.2, 0) is 0 Å². The molecule has 0 fully saturated rings. The maximum atomic E-state index is 6.11. The zero-order valence-electron chi connectivity index (χ0n) is 11.6. The van der Waals surface area contributed by atoms with Crippen molar-refractivity contribution in [3.05, 3.63) is 29.3 Å². The molecule has 0 bridgehead atoms. The molecule has 0 saturated carbocycles. The number of nitrogens with two attached hydrogens (primary N) is 1. The summed E-state index contributed by atoms with van der Waals surface area (Å²) < 4.78 is 15.9. The van der Waals surface area contributed by atoms with E-state index in [1.807, 2.05) is 32.1 Å². The third-order valence-electron chi connectivity index (χ3n) is 2.58. The summed E-state index contributed by atoms with van der Waals surface area (Å²) in [5.41, 5.74) is 8.19. The highest BCUT2D eigenvalue weighted by Crippen LogP contribution is 2.39. The maximum absolute atomic E-state index is 6.11. The number of ether oxygens (including phenoxy) is 3. The van der Waals surface area contributed by atoms with E-state index >= 15 is 0 Å². The van der Waals surface area contributed by atoms with Gasteiger partial charge in [-0.05, 0) is 31.5 Å². The van der Waals surface area contributed by atoms with Crippen molar-refractivity contribution in [3.63, 3.8) is 0 Å². The highest BCUT2D eigenvalue weighted by molar-refractivity contribution is 5.54. The number of benzene rings is 1. The van der Waals surface area contributed by atoms with E-state index in [9.17, 15) is 0 Å². The van der Waals surface area contributed by atoms with Gasteiger partial charge < -0.3 is 19.9 Å². The van der Waals surface area contributed by atoms with Crippen molar-refractivity contribution in [1.29, 1.82) is 0 Å². The topological polar surface area (TPSA) is 53.7 Å². The normalized spacial score (nSPS) is 11.7. The average molecular weight is 251 g/mol. The van der Waals surface area contributed by atoms with E-state index in [1.165, 1.54) is 0 Å². The summed E-state index contributed by atoms with van der Waals surface area (Å²) in [5, 5.41) is 0. The van der Waals surface area contributed by atoms with E-state index in [-0.39, 0.29) is 6.04 Å². The first-order valence-electron chi connectivity index (χ1n) is 5.74. The van der Waals surface area contributed by atoms with Crippen LogP contribution in [0.25, 0.3) is 0 Å². The van der Waals surface area contributed by atoms with Crippen molar-refractivity contribution in [2.75, 3.05) is 21.3 Å². The van der Waals surface area contributed by atoms with Crippen molar-refractivity contribution in [1.82, 2.24) is 0 Å². The smallest absolute Gasteiger partial charge is 0.203 e. The van der Waals surface area contributed by atoms with Gasteiger partial charge in [-0.1, -0.05) is 11.6 Å². The van der Waals surface area contributed by atoms with Crippen LogP contribution in [0.2, 0.25) is 0 Å². The largest absolute Gasteiger partial charge is 0.493 e. The Labute approximate surface area is 108 Å². The summed E-state index contributed by atoms with van der Waals surface area (Å²) in [4.78, 5) is 0. The Morgan fingerprint density at radius 1 is 1.06 bits per heavy atom. The van der Waals surface area contributed by atoms with E-state index in [4.69, 9.17) is 19.9 Å². The van der Waals surface area contributed by atoms with Crippen LogP contribution >= 0.6 is 0 Å². The first kappa shape index (κ1) is 14.4. The van der Waals surface area contributed by atoms with Gasteiger partial charge in [0.15, 0.2) is 11.5 Å². The van der Waals surface area contributed by atoms with Gasteiger partial charge in [0.05, 0.1) is 21.3 Å². The lowest BCUT2D eigenvalue weighted by Gasteiger charge is -2.16. The van der Waals surface area contributed by atoms with Gasteiger partial charge in [0, 0.05) is 6.04 Å². The van der Waals surface area contributed by atoms with Gasteiger partial charge in [-0.15, -0.1) is 0 Å². The van der Waals surface area contributed by atoms with Crippen molar-refractivity contribution in [2.24, 2.45) is 5.73 Å². The molecular formula is C14H21NO3. The summed E-state index contributed by atoms with van der Waals surface area (Å²) >= 11 is 0. The van der Waals surface area contributed by atoms with Gasteiger partial charge in [0.25, 0.3) is 0 Å². The molecule has 100 valence electrons. The second kappa shape index (κ2) is 6.31. The highest BCUT2D eigenvalue weighted by atomic mass is 16.5. The molecule has 1 aromatic carbocycles. The summed E-state index contributed by atoms with van der Waals surface area (Å²) in [6.45, 7) is 4.02. The minimum atomic E-state index is -0.191. The lowest BCUT2D eigenvalue weighted by molar-refractivity contribution is 0.323. The Kier molecular flexibility index (Phi) is 5.04. The second-order valence-corrected chi connectivity index (χ2v) is 4.23. The highest BCUT2D eigenvalue weighted by Gasteiger charge is 2.15. The summed E-state index contributed by atoms with van der Waals surface area (Å²) in [6.07, 6.45) is 1.99. The molecule has 0 aliphatic carbocycles. The predicted molar refractivity (Wildman–Crippen MR) is 72.5 cm³/mol. The fourth-order valence-corrected chi connectivity index (χ4v) is 1.75. The number of rotatable bonds is 5. The fraction of sp³-hybridized carbons (Fsp3) is 0.429. The molecular weight excluding hydrogens is 230 g/mol. The first-order chi connectivity index (χ1) is 8.53. The van der Waals surface area contributed by atoms with Crippen LogP contribution in [0.1, 0.15) is 25.5 Å². The van der Waals surface area contributed by atoms with Crippen LogP contribution < -0.4 is 19.9 Å². The van der Waals surface area contributed by atoms with Crippen molar-refractivity contribution < 1.29 is 14.2 Å². The molecule has 4 nitrogen and oxygen atoms in total. The van der Waals surface area contributed by atoms with E-state index in [0.29, 0.717) is 17.2 Å². The van der Waals surface area contributed by atoms with Crippen LogP contribution in [0.3, 0.4) is 0 Å². The Hall–Kier alpha value is -1.68. The Balaban J connectivity index is 3.27. The molecule has 1 rings (SSSR count). The zero-order chi connectivity index (χ0) is 13.7. The molecule has 0 amide bonds. The van der Waals surface area contributed by atoms with Crippen LogP contribution in [0.15, 0.2) is 23.8 Å². The molecule has 4 heteroatoms. The van der Waals surface area contributed by atoms with E-state index < -0.39 is 0 Å². The SMILES string of the molecule is COc1cc(C(N)C=C(C)C)cc(OC)c1OC. The van der Waals surface area contributed by atoms with Crippen molar-refractivity contribution >= 4 is 0 Å². The van der Waals surface area contributed by atoms with E-state index in [2.05, 4.69) is 0 Å². The molecule has 0 aliphatic heterocycles. The average Bonchev–Trinajstić information content (AvgIpc) is 2.35. The van der Waals surface area contributed by atoms with Crippen LogP contribution in [0.5, 0.6) is 17.2 Å². The lowest BCUT2D eigenvalue weighted by Crippen LogP contribution is -2.08.